The van der Waals surface area contributed by atoms with Crippen molar-refractivity contribution in [1.29, 1.82) is 0 Å². The molecular weight excluding hydrogens is 462 g/mol. The zero-order valence-corrected chi connectivity index (χ0v) is 20.4. The minimum Gasteiger partial charge on any atom is -0.445 e. The second-order valence-corrected chi connectivity index (χ2v) is 8.54. The van der Waals surface area contributed by atoms with Gasteiger partial charge in [-0.15, -0.1) is 0 Å². The number of benzene rings is 2. The van der Waals surface area contributed by atoms with Crippen molar-refractivity contribution in [2.45, 2.75) is 51.4 Å². The van der Waals surface area contributed by atoms with Crippen LogP contribution in [0.2, 0.25) is 0 Å². The third-order valence-electron chi connectivity index (χ3n) is 5.74. The van der Waals surface area contributed by atoms with Gasteiger partial charge in [0.1, 0.15) is 18.7 Å². The largest absolute Gasteiger partial charge is 0.445 e. The molecule has 2 aromatic carbocycles. The molecule has 9 heteroatoms. The summed E-state index contributed by atoms with van der Waals surface area (Å²) < 4.78 is 10.5. The van der Waals surface area contributed by atoms with E-state index in [1.165, 1.54) is 24.2 Å². The second kappa shape index (κ2) is 13.1. The normalized spacial score (nSPS) is 18.1. The molecule has 0 aliphatic carbocycles. The van der Waals surface area contributed by atoms with Gasteiger partial charge in [-0.25, -0.2) is 9.59 Å². The average molecular weight is 494 g/mol. The number of amides is 3. The van der Waals surface area contributed by atoms with Gasteiger partial charge in [0.25, 0.3) is 0 Å². The molecule has 2 aromatic rings. The van der Waals surface area contributed by atoms with Crippen molar-refractivity contribution in [3.63, 3.8) is 0 Å². The highest BCUT2D eigenvalue weighted by molar-refractivity contribution is 5.92. The SMILES string of the molecule is CC(=O)NC/C=C\OC(=O)[C@H](Cc1ccccc1)N1C(=O)[C@@H](NC(=O)OCc2ccccc2)CC1C. The van der Waals surface area contributed by atoms with Gasteiger partial charge in [-0.05, 0) is 30.5 Å². The zero-order valence-electron chi connectivity index (χ0n) is 20.4. The maximum atomic E-state index is 13.3. The number of ether oxygens (including phenoxy) is 2. The maximum Gasteiger partial charge on any atom is 0.408 e. The molecular formula is C27H31N3O6. The Morgan fingerprint density at radius 1 is 1.06 bits per heavy atom. The summed E-state index contributed by atoms with van der Waals surface area (Å²) in [6.07, 6.45) is 2.59. The molecule has 3 atom stereocenters. The van der Waals surface area contributed by atoms with E-state index in [1.807, 2.05) is 67.6 Å². The van der Waals surface area contributed by atoms with Crippen molar-refractivity contribution in [1.82, 2.24) is 15.5 Å². The van der Waals surface area contributed by atoms with Crippen molar-refractivity contribution in [2.75, 3.05) is 6.54 Å². The van der Waals surface area contributed by atoms with E-state index in [1.54, 1.807) is 0 Å². The highest BCUT2D eigenvalue weighted by atomic mass is 16.5. The maximum absolute atomic E-state index is 13.3. The van der Waals surface area contributed by atoms with Crippen LogP contribution in [-0.4, -0.2) is 53.4 Å². The standard InChI is InChI=1S/C27H31N3O6/c1-19-16-23(29-27(34)36-18-22-12-7-4-8-13-22)25(32)30(19)24(17-21-10-5-3-6-11-21)26(33)35-15-9-14-28-20(2)31/h3-13,15,19,23-24H,14,16-18H2,1-2H3,(H,28,31)(H,29,34)/b15-9-/t19?,23-,24-/m0/s1. The number of esters is 1. The predicted molar refractivity (Wildman–Crippen MR) is 132 cm³/mol. The number of carbonyl (C=O) groups excluding carboxylic acids is 4. The van der Waals surface area contributed by atoms with Crippen molar-refractivity contribution in [3.05, 3.63) is 84.1 Å². The lowest BCUT2D eigenvalue weighted by atomic mass is 10.0. The van der Waals surface area contributed by atoms with E-state index < -0.39 is 24.1 Å². The number of carbonyl (C=O) groups is 4. The highest BCUT2D eigenvalue weighted by Crippen LogP contribution is 2.25. The Hall–Kier alpha value is -4.14. The summed E-state index contributed by atoms with van der Waals surface area (Å²) in [5.74, 6) is -1.19. The average Bonchev–Trinajstić information content (AvgIpc) is 3.14. The number of hydrogen-bond acceptors (Lipinski definition) is 6. The van der Waals surface area contributed by atoms with Crippen molar-refractivity contribution < 1.29 is 28.7 Å². The van der Waals surface area contributed by atoms with Gasteiger partial charge in [0, 0.05) is 25.9 Å². The number of hydrogen-bond donors (Lipinski definition) is 2. The lowest BCUT2D eigenvalue weighted by Gasteiger charge is -2.29. The minimum atomic E-state index is -0.896. The van der Waals surface area contributed by atoms with E-state index in [2.05, 4.69) is 10.6 Å². The molecule has 36 heavy (non-hydrogen) atoms. The quantitative estimate of drug-likeness (QED) is 0.389. The number of nitrogens with one attached hydrogen (secondary N) is 2. The third kappa shape index (κ3) is 7.69. The van der Waals surface area contributed by atoms with E-state index in [9.17, 15) is 19.2 Å². The molecule has 1 fully saturated rings. The van der Waals surface area contributed by atoms with Crippen LogP contribution >= 0.6 is 0 Å². The first-order valence-corrected chi connectivity index (χ1v) is 11.8. The molecule has 1 aliphatic rings. The van der Waals surface area contributed by atoms with Gasteiger partial charge in [0.05, 0.1) is 6.26 Å². The molecule has 0 aromatic heterocycles. The van der Waals surface area contributed by atoms with Gasteiger partial charge in [0.2, 0.25) is 11.8 Å². The Morgan fingerprint density at radius 2 is 1.69 bits per heavy atom. The van der Waals surface area contributed by atoms with Crippen LogP contribution in [0.4, 0.5) is 4.79 Å². The molecule has 0 saturated carbocycles. The number of likely N-dealkylation sites (tertiary alicyclic amines) is 1. The van der Waals surface area contributed by atoms with E-state index in [0.29, 0.717) is 6.42 Å². The molecule has 0 spiro atoms. The van der Waals surface area contributed by atoms with Crippen LogP contribution in [0.1, 0.15) is 31.4 Å². The first-order chi connectivity index (χ1) is 17.3. The number of rotatable bonds is 10. The van der Waals surface area contributed by atoms with E-state index >= 15 is 0 Å². The van der Waals surface area contributed by atoms with Crippen molar-refractivity contribution in [2.24, 2.45) is 0 Å². The van der Waals surface area contributed by atoms with Gasteiger partial charge < -0.3 is 25.0 Å². The molecule has 0 radical (unpaired) electrons. The van der Waals surface area contributed by atoms with Crippen molar-refractivity contribution in [3.8, 4) is 0 Å². The van der Waals surface area contributed by atoms with Gasteiger partial charge in [-0.3, -0.25) is 9.59 Å². The van der Waals surface area contributed by atoms with Crippen LogP contribution in [0.15, 0.2) is 73.0 Å². The Morgan fingerprint density at radius 3 is 2.33 bits per heavy atom. The number of alkyl carbamates (subject to hydrolysis) is 1. The molecule has 3 amide bonds. The summed E-state index contributed by atoms with van der Waals surface area (Å²) in [5, 5.41) is 5.20. The smallest absolute Gasteiger partial charge is 0.408 e. The third-order valence-corrected chi connectivity index (χ3v) is 5.74. The molecule has 3 rings (SSSR count). The summed E-state index contributed by atoms with van der Waals surface area (Å²) >= 11 is 0. The van der Waals surface area contributed by atoms with E-state index in [4.69, 9.17) is 9.47 Å². The van der Waals surface area contributed by atoms with Crippen LogP contribution < -0.4 is 10.6 Å². The van der Waals surface area contributed by atoms with Gasteiger partial charge in [0.15, 0.2) is 0 Å². The minimum absolute atomic E-state index is 0.0840. The van der Waals surface area contributed by atoms with E-state index in [-0.39, 0.29) is 37.4 Å². The molecule has 2 N–H and O–H groups in total. The molecule has 9 nitrogen and oxygen atoms in total. The second-order valence-electron chi connectivity index (χ2n) is 8.54. The first kappa shape index (κ1) is 26.5. The Balaban J connectivity index is 1.66. The Labute approximate surface area is 210 Å². The van der Waals surface area contributed by atoms with Gasteiger partial charge in [-0.1, -0.05) is 60.7 Å². The van der Waals surface area contributed by atoms with Crippen LogP contribution in [0, 0.1) is 0 Å². The molecule has 1 aliphatic heterocycles. The molecule has 190 valence electrons. The topological polar surface area (TPSA) is 114 Å². The van der Waals surface area contributed by atoms with Gasteiger partial charge >= 0.3 is 12.1 Å². The lowest BCUT2D eigenvalue weighted by molar-refractivity contribution is -0.150. The summed E-state index contributed by atoms with van der Waals surface area (Å²) in [6, 6.07) is 16.5. The van der Waals surface area contributed by atoms with E-state index in [0.717, 1.165) is 11.1 Å². The Kier molecular flexibility index (Phi) is 9.62. The Bertz CT molecular complexity index is 1070. The fourth-order valence-electron chi connectivity index (χ4n) is 4.02. The van der Waals surface area contributed by atoms with Crippen LogP contribution in [-0.2, 0) is 36.9 Å². The number of nitrogens with zero attached hydrogens (tertiary/aromatic N) is 1. The highest BCUT2D eigenvalue weighted by Gasteiger charge is 2.44. The molecule has 1 saturated heterocycles. The molecule has 0 bridgehead atoms. The van der Waals surface area contributed by atoms with Gasteiger partial charge in [-0.2, -0.15) is 0 Å². The fourth-order valence-corrected chi connectivity index (χ4v) is 4.02. The first-order valence-electron chi connectivity index (χ1n) is 11.8. The summed E-state index contributed by atoms with van der Waals surface area (Å²) in [6.45, 7) is 3.51. The predicted octanol–water partition coefficient (Wildman–Crippen LogP) is 2.71. The molecule has 1 heterocycles. The molecule has 1 unspecified atom stereocenters. The van der Waals surface area contributed by atoms with Crippen LogP contribution in [0.25, 0.3) is 0 Å². The zero-order chi connectivity index (χ0) is 25.9. The monoisotopic (exact) mass is 493 g/mol. The fraction of sp³-hybridized carbons (Fsp3) is 0.333. The summed E-state index contributed by atoms with van der Waals surface area (Å²) in [7, 11) is 0. The summed E-state index contributed by atoms with van der Waals surface area (Å²) in [5.41, 5.74) is 1.69. The lowest BCUT2D eigenvalue weighted by Crippen LogP contribution is -2.50. The summed E-state index contributed by atoms with van der Waals surface area (Å²) in [4.78, 5) is 51.1. The van der Waals surface area contributed by atoms with Crippen LogP contribution in [0.3, 0.4) is 0 Å². The van der Waals surface area contributed by atoms with Crippen molar-refractivity contribution >= 4 is 23.9 Å². The van der Waals surface area contributed by atoms with Crippen LogP contribution in [0.5, 0.6) is 0 Å².